The zero-order valence-electron chi connectivity index (χ0n) is 11.5. The highest BCUT2D eigenvalue weighted by Gasteiger charge is 2.27. The Morgan fingerprint density at radius 3 is 3.00 bits per heavy atom. The van der Waals surface area contributed by atoms with Crippen molar-refractivity contribution >= 4 is 22.6 Å². The summed E-state index contributed by atoms with van der Waals surface area (Å²) in [5, 5.41) is 1.52. The van der Waals surface area contributed by atoms with E-state index in [2.05, 4.69) is 34.6 Å². The Morgan fingerprint density at radius 1 is 1.37 bits per heavy atom. The standard InChI is InChI=1S/C15H20ClN3/c1-10(2)7-11-3-4-12(8-11)19-6-5-13-14(16)17-9-18-15(13)19/h5-6,9-12H,3-4,7-8H2,1-2H3. The molecule has 1 saturated carbocycles. The van der Waals surface area contributed by atoms with Gasteiger partial charge in [0.05, 0.1) is 5.39 Å². The van der Waals surface area contributed by atoms with Crippen molar-refractivity contribution in [2.24, 2.45) is 11.8 Å². The Bertz CT molecular complexity index is 576. The third-order valence-corrected chi connectivity index (χ3v) is 4.47. The van der Waals surface area contributed by atoms with Gasteiger partial charge in [0.15, 0.2) is 0 Å². The zero-order chi connectivity index (χ0) is 13.4. The molecule has 2 unspecified atom stereocenters. The maximum Gasteiger partial charge on any atom is 0.145 e. The van der Waals surface area contributed by atoms with Crippen LogP contribution in [0.15, 0.2) is 18.6 Å². The molecule has 1 fully saturated rings. The Labute approximate surface area is 119 Å². The van der Waals surface area contributed by atoms with Crippen molar-refractivity contribution in [2.75, 3.05) is 0 Å². The molecule has 0 N–H and O–H groups in total. The smallest absolute Gasteiger partial charge is 0.145 e. The average Bonchev–Trinajstić information content (AvgIpc) is 2.95. The van der Waals surface area contributed by atoms with Crippen LogP contribution in [0, 0.1) is 11.8 Å². The van der Waals surface area contributed by atoms with Gasteiger partial charge in [-0.2, -0.15) is 0 Å². The third-order valence-electron chi connectivity index (χ3n) is 4.17. The number of hydrogen-bond acceptors (Lipinski definition) is 2. The van der Waals surface area contributed by atoms with Crippen molar-refractivity contribution < 1.29 is 0 Å². The van der Waals surface area contributed by atoms with Crippen LogP contribution in [-0.2, 0) is 0 Å². The molecule has 3 rings (SSSR count). The van der Waals surface area contributed by atoms with E-state index in [4.69, 9.17) is 11.6 Å². The summed E-state index contributed by atoms with van der Waals surface area (Å²) in [6, 6.07) is 2.61. The quantitative estimate of drug-likeness (QED) is 0.775. The summed E-state index contributed by atoms with van der Waals surface area (Å²) in [5.74, 6) is 1.65. The Kier molecular flexibility index (Phi) is 3.48. The van der Waals surface area contributed by atoms with Crippen LogP contribution in [0.4, 0.5) is 0 Å². The van der Waals surface area contributed by atoms with Crippen molar-refractivity contribution in [3.63, 3.8) is 0 Å². The van der Waals surface area contributed by atoms with E-state index in [1.165, 1.54) is 25.7 Å². The fraction of sp³-hybridized carbons (Fsp3) is 0.600. The van der Waals surface area contributed by atoms with Crippen molar-refractivity contribution in [1.82, 2.24) is 14.5 Å². The van der Waals surface area contributed by atoms with Gasteiger partial charge in [-0.25, -0.2) is 9.97 Å². The molecule has 4 heteroatoms. The van der Waals surface area contributed by atoms with E-state index in [0.717, 1.165) is 22.9 Å². The topological polar surface area (TPSA) is 30.7 Å². The summed E-state index contributed by atoms with van der Waals surface area (Å²) in [7, 11) is 0. The summed E-state index contributed by atoms with van der Waals surface area (Å²) >= 11 is 6.11. The van der Waals surface area contributed by atoms with Crippen LogP contribution in [0.2, 0.25) is 5.15 Å². The van der Waals surface area contributed by atoms with E-state index >= 15 is 0 Å². The molecular formula is C15H20ClN3. The molecule has 0 radical (unpaired) electrons. The molecular weight excluding hydrogens is 258 g/mol. The van der Waals surface area contributed by atoms with Crippen LogP contribution in [0.3, 0.4) is 0 Å². The Balaban J connectivity index is 1.84. The average molecular weight is 278 g/mol. The van der Waals surface area contributed by atoms with Crippen molar-refractivity contribution in [1.29, 1.82) is 0 Å². The minimum Gasteiger partial charge on any atom is -0.329 e. The van der Waals surface area contributed by atoms with E-state index < -0.39 is 0 Å². The van der Waals surface area contributed by atoms with Gasteiger partial charge in [0, 0.05) is 12.2 Å². The second-order valence-corrected chi connectivity index (χ2v) is 6.45. The van der Waals surface area contributed by atoms with Gasteiger partial charge in [-0.3, -0.25) is 0 Å². The highest BCUT2D eigenvalue weighted by Crippen LogP contribution is 2.39. The highest BCUT2D eigenvalue weighted by molar-refractivity contribution is 6.33. The largest absolute Gasteiger partial charge is 0.329 e. The fourth-order valence-corrected chi connectivity index (χ4v) is 3.61. The van der Waals surface area contributed by atoms with Crippen molar-refractivity contribution in [3.05, 3.63) is 23.7 Å². The summed E-state index contributed by atoms with van der Waals surface area (Å²) in [6.07, 6.45) is 8.87. The molecule has 2 atom stereocenters. The fourth-order valence-electron chi connectivity index (χ4n) is 3.42. The number of hydrogen-bond donors (Lipinski definition) is 0. The zero-order valence-corrected chi connectivity index (χ0v) is 12.3. The summed E-state index contributed by atoms with van der Waals surface area (Å²) in [6.45, 7) is 4.62. The van der Waals surface area contributed by atoms with Crippen LogP contribution >= 0.6 is 11.6 Å². The Morgan fingerprint density at radius 2 is 2.21 bits per heavy atom. The number of fused-ring (bicyclic) bond motifs is 1. The molecule has 102 valence electrons. The van der Waals surface area contributed by atoms with Crippen LogP contribution in [0.25, 0.3) is 11.0 Å². The molecule has 2 aromatic heterocycles. The molecule has 1 aliphatic carbocycles. The monoisotopic (exact) mass is 277 g/mol. The van der Waals surface area contributed by atoms with Crippen molar-refractivity contribution in [3.8, 4) is 0 Å². The number of rotatable bonds is 3. The minimum atomic E-state index is 0.556. The first-order valence-corrected chi connectivity index (χ1v) is 7.50. The molecule has 3 nitrogen and oxygen atoms in total. The Hall–Kier alpha value is -1.09. The van der Waals surface area contributed by atoms with Gasteiger partial charge >= 0.3 is 0 Å². The second-order valence-electron chi connectivity index (χ2n) is 6.09. The summed E-state index contributed by atoms with van der Waals surface area (Å²) < 4.78 is 2.29. The van der Waals surface area contributed by atoms with Crippen LogP contribution in [0.1, 0.15) is 45.6 Å². The number of nitrogens with zero attached hydrogens (tertiary/aromatic N) is 3. The van der Waals surface area contributed by atoms with Gasteiger partial charge in [0.1, 0.15) is 17.1 Å². The van der Waals surface area contributed by atoms with Crippen LogP contribution in [-0.4, -0.2) is 14.5 Å². The molecule has 0 amide bonds. The molecule has 0 spiro atoms. The van der Waals surface area contributed by atoms with Gasteiger partial charge < -0.3 is 4.57 Å². The lowest BCUT2D eigenvalue weighted by molar-refractivity contribution is 0.401. The molecule has 0 bridgehead atoms. The number of aromatic nitrogens is 3. The van der Waals surface area contributed by atoms with E-state index in [-0.39, 0.29) is 0 Å². The van der Waals surface area contributed by atoms with E-state index in [1.807, 2.05) is 6.07 Å². The molecule has 2 heterocycles. The van der Waals surface area contributed by atoms with Crippen molar-refractivity contribution in [2.45, 2.75) is 45.6 Å². The normalized spacial score (nSPS) is 23.6. The van der Waals surface area contributed by atoms with Crippen LogP contribution < -0.4 is 0 Å². The highest BCUT2D eigenvalue weighted by atomic mass is 35.5. The van der Waals surface area contributed by atoms with Gasteiger partial charge in [0.2, 0.25) is 0 Å². The van der Waals surface area contributed by atoms with Crippen LogP contribution in [0.5, 0.6) is 0 Å². The lowest BCUT2D eigenvalue weighted by atomic mass is 9.96. The molecule has 0 saturated heterocycles. The first kappa shape index (κ1) is 12.9. The van der Waals surface area contributed by atoms with E-state index in [0.29, 0.717) is 11.2 Å². The summed E-state index contributed by atoms with van der Waals surface area (Å²) in [5.41, 5.74) is 0.982. The second kappa shape index (κ2) is 5.12. The molecule has 0 aromatic carbocycles. The van der Waals surface area contributed by atoms with Gasteiger partial charge in [-0.05, 0) is 43.6 Å². The predicted molar refractivity (Wildman–Crippen MR) is 78.4 cm³/mol. The first-order valence-electron chi connectivity index (χ1n) is 7.12. The summed E-state index contributed by atoms with van der Waals surface area (Å²) in [4.78, 5) is 8.44. The van der Waals surface area contributed by atoms with E-state index in [1.54, 1.807) is 6.33 Å². The third kappa shape index (κ3) is 2.48. The van der Waals surface area contributed by atoms with Gasteiger partial charge in [-0.15, -0.1) is 0 Å². The first-order chi connectivity index (χ1) is 9.15. The van der Waals surface area contributed by atoms with E-state index in [9.17, 15) is 0 Å². The maximum atomic E-state index is 6.11. The predicted octanol–water partition coefficient (Wildman–Crippen LogP) is 4.47. The van der Waals surface area contributed by atoms with Gasteiger partial charge in [0.25, 0.3) is 0 Å². The maximum absolute atomic E-state index is 6.11. The molecule has 19 heavy (non-hydrogen) atoms. The minimum absolute atomic E-state index is 0.556. The molecule has 0 aliphatic heterocycles. The SMILES string of the molecule is CC(C)CC1CCC(n2ccc3c(Cl)ncnc32)C1. The van der Waals surface area contributed by atoms with Gasteiger partial charge in [-0.1, -0.05) is 25.4 Å². The molecule has 1 aliphatic rings. The lowest BCUT2D eigenvalue weighted by Gasteiger charge is -2.15. The molecule has 2 aromatic rings. The lowest BCUT2D eigenvalue weighted by Crippen LogP contribution is -2.06. The number of halogens is 1.